The van der Waals surface area contributed by atoms with Crippen molar-refractivity contribution < 1.29 is 13.9 Å². The van der Waals surface area contributed by atoms with Crippen molar-refractivity contribution in [1.82, 2.24) is 5.32 Å². The average molecular weight is 227 g/mol. The van der Waals surface area contributed by atoms with Gasteiger partial charge in [0.2, 0.25) is 0 Å². The number of likely N-dealkylation sites (N-methyl/N-ethyl adjacent to an activating group) is 1. The maximum Gasteiger partial charge on any atom is 0.123 e. The van der Waals surface area contributed by atoms with Crippen LogP contribution in [0.25, 0.3) is 0 Å². The molecule has 1 aromatic carbocycles. The third-order valence-corrected chi connectivity index (χ3v) is 2.40. The Hall–Kier alpha value is -1.13. The van der Waals surface area contributed by atoms with Crippen molar-refractivity contribution in [3.8, 4) is 5.75 Å². The number of hydrogen-bond donors (Lipinski definition) is 1. The first-order valence-electron chi connectivity index (χ1n) is 5.31. The van der Waals surface area contributed by atoms with E-state index in [0.717, 1.165) is 5.56 Å². The first kappa shape index (κ1) is 12.9. The monoisotopic (exact) mass is 227 g/mol. The minimum absolute atomic E-state index is 0.0643. The zero-order chi connectivity index (χ0) is 12.0. The summed E-state index contributed by atoms with van der Waals surface area (Å²) in [6.07, 6.45) is 0. The minimum atomic E-state index is -0.271. The highest BCUT2D eigenvalue weighted by Crippen LogP contribution is 2.26. The van der Waals surface area contributed by atoms with Gasteiger partial charge < -0.3 is 14.8 Å². The molecule has 0 bridgehead atoms. The predicted octanol–water partition coefficient (Wildman–Crippen LogP) is 2.13. The lowest BCUT2D eigenvalue weighted by Gasteiger charge is -2.19. The smallest absolute Gasteiger partial charge is 0.123 e. The van der Waals surface area contributed by atoms with Crippen molar-refractivity contribution in [1.29, 1.82) is 0 Å². The third-order valence-electron chi connectivity index (χ3n) is 2.40. The van der Waals surface area contributed by atoms with Gasteiger partial charge in [-0.2, -0.15) is 0 Å². The van der Waals surface area contributed by atoms with E-state index in [9.17, 15) is 4.39 Å². The molecule has 0 spiro atoms. The summed E-state index contributed by atoms with van der Waals surface area (Å²) in [5, 5.41) is 3.08. The van der Waals surface area contributed by atoms with E-state index in [0.29, 0.717) is 19.0 Å². The largest absolute Gasteiger partial charge is 0.496 e. The molecule has 0 aliphatic rings. The van der Waals surface area contributed by atoms with E-state index in [1.54, 1.807) is 13.2 Å². The van der Waals surface area contributed by atoms with Crippen LogP contribution in [-0.2, 0) is 4.74 Å². The molecular weight excluding hydrogens is 209 g/mol. The van der Waals surface area contributed by atoms with Crippen molar-refractivity contribution in [2.75, 3.05) is 27.4 Å². The third kappa shape index (κ3) is 3.18. The van der Waals surface area contributed by atoms with E-state index < -0.39 is 0 Å². The van der Waals surface area contributed by atoms with E-state index in [1.807, 2.05) is 14.0 Å². The molecule has 1 atom stereocenters. The summed E-state index contributed by atoms with van der Waals surface area (Å²) in [5.41, 5.74) is 0.776. The van der Waals surface area contributed by atoms with Gasteiger partial charge in [-0.1, -0.05) is 0 Å². The zero-order valence-electron chi connectivity index (χ0n) is 9.92. The van der Waals surface area contributed by atoms with Crippen LogP contribution < -0.4 is 10.1 Å². The van der Waals surface area contributed by atoms with Gasteiger partial charge in [-0.05, 0) is 32.2 Å². The molecular formula is C12H18FNO2. The van der Waals surface area contributed by atoms with Crippen LogP contribution in [0.3, 0.4) is 0 Å². The van der Waals surface area contributed by atoms with Crippen LogP contribution in [0.4, 0.5) is 4.39 Å². The van der Waals surface area contributed by atoms with Crippen molar-refractivity contribution in [3.63, 3.8) is 0 Å². The highest BCUT2D eigenvalue weighted by molar-refractivity contribution is 5.36. The van der Waals surface area contributed by atoms with Crippen LogP contribution in [-0.4, -0.2) is 27.4 Å². The molecule has 0 aliphatic heterocycles. The second-order valence-corrected chi connectivity index (χ2v) is 3.39. The van der Waals surface area contributed by atoms with Crippen LogP contribution in [0.1, 0.15) is 18.5 Å². The summed E-state index contributed by atoms with van der Waals surface area (Å²) in [5.74, 6) is 0.396. The van der Waals surface area contributed by atoms with Crippen molar-refractivity contribution in [2.24, 2.45) is 0 Å². The van der Waals surface area contributed by atoms with E-state index in [-0.39, 0.29) is 11.9 Å². The standard InChI is InChI=1S/C12H18FNO2/c1-4-16-8-11(14-2)10-7-9(13)5-6-12(10)15-3/h5-7,11,14H,4,8H2,1-3H3. The average Bonchev–Trinajstić information content (AvgIpc) is 2.30. The van der Waals surface area contributed by atoms with Crippen LogP contribution in [0, 0.1) is 5.82 Å². The van der Waals surface area contributed by atoms with Crippen molar-refractivity contribution >= 4 is 0 Å². The molecule has 1 N–H and O–H groups in total. The van der Waals surface area contributed by atoms with Crippen LogP contribution in [0.2, 0.25) is 0 Å². The van der Waals surface area contributed by atoms with E-state index in [4.69, 9.17) is 9.47 Å². The Balaban J connectivity index is 2.92. The number of ether oxygens (including phenoxy) is 2. The highest BCUT2D eigenvalue weighted by Gasteiger charge is 2.15. The molecule has 0 saturated carbocycles. The number of benzene rings is 1. The van der Waals surface area contributed by atoms with E-state index in [2.05, 4.69) is 5.32 Å². The SMILES string of the molecule is CCOCC(NC)c1cc(F)ccc1OC. The summed E-state index contributed by atoms with van der Waals surface area (Å²) < 4.78 is 23.7. The molecule has 1 rings (SSSR count). The summed E-state index contributed by atoms with van der Waals surface area (Å²) >= 11 is 0. The molecule has 0 saturated heterocycles. The summed E-state index contributed by atoms with van der Waals surface area (Å²) in [6, 6.07) is 4.42. The number of halogens is 1. The van der Waals surface area contributed by atoms with Crippen LogP contribution >= 0.6 is 0 Å². The lowest BCUT2D eigenvalue weighted by atomic mass is 10.1. The summed E-state index contributed by atoms with van der Waals surface area (Å²) in [6.45, 7) is 3.05. The summed E-state index contributed by atoms with van der Waals surface area (Å²) in [4.78, 5) is 0. The second kappa shape index (κ2) is 6.45. The molecule has 0 fully saturated rings. The maximum absolute atomic E-state index is 13.2. The van der Waals surface area contributed by atoms with Crippen LogP contribution in [0.15, 0.2) is 18.2 Å². The van der Waals surface area contributed by atoms with Crippen molar-refractivity contribution in [2.45, 2.75) is 13.0 Å². The Labute approximate surface area is 95.6 Å². The Kier molecular flexibility index (Phi) is 5.22. The molecule has 0 aliphatic carbocycles. The van der Waals surface area contributed by atoms with E-state index >= 15 is 0 Å². The zero-order valence-corrected chi connectivity index (χ0v) is 9.92. The predicted molar refractivity (Wildman–Crippen MR) is 61.2 cm³/mol. The first-order valence-corrected chi connectivity index (χ1v) is 5.31. The summed E-state index contributed by atoms with van der Waals surface area (Å²) in [7, 11) is 3.39. The number of hydrogen-bond acceptors (Lipinski definition) is 3. The van der Waals surface area contributed by atoms with Gasteiger partial charge in [-0.3, -0.25) is 0 Å². The minimum Gasteiger partial charge on any atom is -0.496 e. The fraction of sp³-hybridized carbons (Fsp3) is 0.500. The van der Waals surface area contributed by atoms with Gasteiger partial charge in [0.1, 0.15) is 11.6 Å². The quantitative estimate of drug-likeness (QED) is 0.807. The fourth-order valence-corrected chi connectivity index (χ4v) is 1.54. The molecule has 0 aromatic heterocycles. The molecule has 0 heterocycles. The van der Waals surface area contributed by atoms with E-state index in [1.165, 1.54) is 12.1 Å². The Bertz CT molecular complexity index is 331. The van der Waals surface area contributed by atoms with Gasteiger partial charge in [0.05, 0.1) is 19.8 Å². The number of rotatable bonds is 6. The lowest BCUT2D eigenvalue weighted by Crippen LogP contribution is -2.22. The van der Waals surface area contributed by atoms with Gasteiger partial charge >= 0.3 is 0 Å². The number of methoxy groups -OCH3 is 1. The molecule has 0 amide bonds. The molecule has 90 valence electrons. The molecule has 1 unspecified atom stereocenters. The van der Waals surface area contributed by atoms with Gasteiger partial charge in [-0.25, -0.2) is 4.39 Å². The Morgan fingerprint density at radius 3 is 2.75 bits per heavy atom. The van der Waals surface area contributed by atoms with Gasteiger partial charge in [0.15, 0.2) is 0 Å². The Morgan fingerprint density at radius 1 is 1.44 bits per heavy atom. The second-order valence-electron chi connectivity index (χ2n) is 3.39. The highest BCUT2D eigenvalue weighted by atomic mass is 19.1. The van der Waals surface area contributed by atoms with Crippen molar-refractivity contribution in [3.05, 3.63) is 29.6 Å². The molecule has 1 aromatic rings. The molecule has 0 radical (unpaired) electrons. The topological polar surface area (TPSA) is 30.5 Å². The molecule has 3 nitrogen and oxygen atoms in total. The maximum atomic E-state index is 13.2. The molecule has 4 heteroatoms. The first-order chi connectivity index (χ1) is 7.72. The van der Waals surface area contributed by atoms with Gasteiger partial charge in [0.25, 0.3) is 0 Å². The lowest BCUT2D eigenvalue weighted by molar-refractivity contribution is 0.124. The normalized spacial score (nSPS) is 12.5. The van der Waals surface area contributed by atoms with Crippen LogP contribution in [0.5, 0.6) is 5.75 Å². The Morgan fingerprint density at radius 2 is 2.19 bits per heavy atom. The van der Waals surface area contributed by atoms with Gasteiger partial charge in [0, 0.05) is 12.2 Å². The fourth-order valence-electron chi connectivity index (χ4n) is 1.54. The number of nitrogens with one attached hydrogen (secondary N) is 1. The van der Waals surface area contributed by atoms with Gasteiger partial charge in [-0.15, -0.1) is 0 Å². The molecule has 16 heavy (non-hydrogen) atoms.